The molecule has 1 amide bonds. The zero-order valence-electron chi connectivity index (χ0n) is 18.4. The van der Waals surface area contributed by atoms with Crippen molar-refractivity contribution in [2.24, 2.45) is 0 Å². The number of aryl methyl sites for hydroxylation is 2. The molecule has 1 saturated heterocycles. The molecule has 1 aliphatic rings. The molecule has 0 saturated carbocycles. The smallest absolute Gasteiger partial charge is 0.233 e. The molecule has 164 valence electrons. The van der Waals surface area contributed by atoms with Crippen LogP contribution in [0.25, 0.3) is 10.2 Å². The van der Waals surface area contributed by atoms with Crippen molar-refractivity contribution in [2.45, 2.75) is 39.2 Å². The summed E-state index contributed by atoms with van der Waals surface area (Å²) >= 11 is 1.53. The second-order valence-corrected chi connectivity index (χ2v) is 8.86. The zero-order chi connectivity index (χ0) is 22.0. The van der Waals surface area contributed by atoms with Gasteiger partial charge in [-0.2, -0.15) is 0 Å². The van der Waals surface area contributed by atoms with Gasteiger partial charge in [-0.25, -0.2) is 4.98 Å². The number of aromatic nitrogens is 1. The van der Waals surface area contributed by atoms with Gasteiger partial charge < -0.3 is 14.2 Å². The number of fused-ring (bicyclic) bond motifs is 1. The Bertz CT molecular complexity index is 1090. The molecular formula is C24H28N2O4S. The van der Waals surface area contributed by atoms with Crippen molar-refractivity contribution < 1.29 is 19.0 Å². The first-order valence-corrected chi connectivity index (χ1v) is 11.3. The van der Waals surface area contributed by atoms with Gasteiger partial charge in [0.25, 0.3) is 0 Å². The van der Waals surface area contributed by atoms with E-state index in [9.17, 15) is 4.79 Å². The summed E-state index contributed by atoms with van der Waals surface area (Å²) in [6.45, 7) is 5.29. The molecule has 0 radical (unpaired) electrons. The molecule has 0 spiro atoms. The lowest BCUT2D eigenvalue weighted by Crippen LogP contribution is -2.38. The van der Waals surface area contributed by atoms with Crippen molar-refractivity contribution in [1.29, 1.82) is 0 Å². The number of methoxy groups -OCH3 is 2. The van der Waals surface area contributed by atoms with Crippen LogP contribution in [0.2, 0.25) is 0 Å². The molecule has 0 aliphatic carbocycles. The Morgan fingerprint density at radius 1 is 1.16 bits per heavy atom. The summed E-state index contributed by atoms with van der Waals surface area (Å²) in [5.74, 6) is 1.55. The Hall–Kier alpha value is -2.64. The van der Waals surface area contributed by atoms with Crippen molar-refractivity contribution in [3.63, 3.8) is 0 Å². The minimum Gasteiger partial charge on any atom is -0.496 e. The van der Waals surface area contributed by atoms with Gasteiger partial charge in [0.15, 0.2) is 5.13 Å². The topological polar surface area (TPSA) is 60.9 Å². The van der Waals surface area contributed by atoms with E-state index in [0.717, 1.165) is 57.9 Å². The molecule has 3 aromatic rings. The maximum absolute atomic E-state index is 13.5. The van der Waals surface area contributed by atoms with Crippen LogP contribution >= 0.6 is 11.3 Å². The molecule has 1 atom stereocenters. The summed E-state index contributed by atoms with van der Waals surface area (Å²) in [5, 5.41) is 0.688. The van der Waals surface area contributed by atoms with Crippen molar-refractivity contribution in [3.8, 4) is 11.5 Å². The minimum absolute atomic E-state index is 0.00995. The first-order chi connectivity index (χ1) is 15.0. The van der Waals surface area contributed by atoms with E-state index < -0.39 is 0 Å². The zero-order valence-corrected chi connectivity index (χ0v) is 19.3. The van der Waals surface area contributed by atoms with E-state index in [1.807, 2.05) is 37.3 Å². The Morgan fingerprint density at radius 3 is 2.61 bits per heavy atom. The molecule has 2 aromatic carbocycles. The highest BCUT2D eigenvalue weighted by Gasteiger charge is 2.27. The number of benzene rings is 2. The lowest BCUT2D eigenvalue weighted by molar-refractivity contribution is -0.118. The highest BCUT2D eigenvalue weighted by atomic mass is 32.1. The number of carbonyl (C=O) groups excluding carboxylic acids is 1. The van der Waals surface area contributed by atoms with Gasteiger partial charge >= 0.3 is 0 Å². The molecule has 1 fully saturated rings. The molecule has 2 heterocycles. The number of hydrogen-bond donors (Lipinski definition) is 0. The maximum atomic E-state index is 13.5. The molecular weight excluding hydrogens is 412 g/mol. The number of hydrogen-bond acceptors (Lipinski definition) is 6. The van der Waals surface area contributed by atoms with Gasteiger partial charge in [0, 0.05) is 6.61 Å². The van der Waals surface area contributed by atoms with Crippen LogP contribution in [0.15, 0.2) is 30.3 Å². The Balaban J connectivity index is 1.67. The van der Waals surface area contributed by atoms with E-state index in [0.29, 0.717) is 18.1 Å². The van der Waals surface area contributed by atoms with Crippen LogP contribution in [-0.2, 0) is 16.0 Å². The molecule has 1 unspecified atom stereocenters. The molecule has 31 heavy (non-hydrogen) atoms. The number of rotatable bonds is 7. The summed E-state index contributed by atoms with van der Waals surface area (Å²) in [6.07, 6.45) is 2.32. The summed E-state index contributed by atoms with van der Waals surface area (Å²) in [6, 6.07) is 9.81. The first-order valence-electron chi connectivity index (χ1n) is 10.5. The average molecular weight is 441 g/mol. The first kappa shape index (κ1) is 21.6. The van der Waals surface area contributed by atoms with Gasteiger partial charge in [-0.15, -0.1) is 0 Å². The predicted molar refractivity (Wildman–Crippen MR) is 124 cm³/mol. The molecule has 1 aromatic heterocycles. The Morgan fingerprint density at radius 2 is 1.94 bits per heavy atom. The van der Waals surface area contributed by atoms with Crippen LogP contribution in [0.1, 0.15) is 29.5 Å². The summed E-state index contributed by atoms with van der Waals surface area (Å²) in [7, 11) is 3.30. The monoisotopic (exact) mass is 440 g/mol. The second-order valence-electron chi connectivity index (χ2n) is 7.88. The van der Waals surface area contributed by atoms with Gasteiger partial charge in [-0.3, -0.25) is 9.69 Å². The Kier molecular flexibility index (Phi) is 6.43. The third kappa shape index (κ3) is 4.52. The number of amides is 1. The summed E-state index contributed by atoms with van der Waals surface area (Å²) in [5.41, 5.74) is 3.89. The molecule has 7 heteroatoms. The molecule has 1 aliphatic heterocycles. The number of thiazole rings is 1. The average Bonchev–Trinajstić information content (AvgIpc) is 3.43. The molecule has 0 bridgehead atoms. The van der Waals surface area contributed by atoms with Crippen molar-refractivity contribution >= 4 is 32.6 Å². The number of anilines is 1. The predicted octanol–water partition coefficient (Wildman–Crippen LogP) is 4.69. The standard InChI is InChI=1S/C24H28N2O4S/c1-15-7-9-20(29-4)22-23(15)31-24(25-22)26(14-18-6-5-11-30-18)21(27)13-17-8-10-19(28-3)16(2)12-17/h7-10,12,18H,5-6,11,13-14H2,1-4H3. The SMILES string of the molecule is COc1ccc(CC(=O)N(CC2CCCO2)c2nc3c(OC)ccc(C)c3s2)cc1C. The van der Waals surface area contributed by atoms with Crippen molar-refractivity contribution in [2.75, 3.05) is 32.3 Å². The largest absolute Gasteiger partial charge is 0.496 e. The maximum Gasteiger partial charge on any atom is 0.233 e. The van der Waals surface area contributed by atoms with Crippen LogP contribution in [0, 0.1) is 13.8 Å². The summed E-state index contributed by atoms with van der Waals surface area (Å²) in [4.78, 5) is 20.1. The fraction of sp³-hybridized carbons (Fsp3) is 0.417. The van der Waals surface area contributed by atoms with Gasteiger partial charge in [-0.1, -0.05) is 29.5 Å². The van der Waals surface area contributed by atoms with Crippen LogP contribution < -0.4 is 14.4 Å². The van der Waals surface area contributed by atoms with Crippen molar-refractivity contribution in [1.82, 2.24) is 4.98 Å². The van der Waals surface area contributed by atoms with Gasteiger partial charge in [0.2, 0.25) is 5.91 Å². The third-order valence-electron chi connectivity index (χ3n) is 5.67. The van der Waals surface area contributed by atoms with E-state index in [1.165, 1.54) is 11.3 Å². The normalized spacial score (nSPS) is 15.9. The fourth-order valence-corrected chi connectivity index (χ4v) is 5.06. The second kappa shape index (κ2) is 9.24. The highest BCUT2D eigenvalue weighted by molar-refractivity contribution is 7.22. The van der Waals surface area contributed by atoms with Crippen LogP contribution in [0.3, 0.4) is 0 Å². The lowest BCUT2D eigenvalue weighted by atomic mass is 10.1. The lowest BCUT2D eigenvalue weighted by Gasteiger charge is -2.23. The van der Waals surface area contributed by atoms with Crippen LogP contribution in [0.4, 0.5) is 5.13 Å². The van der Waals surface area contributed by atoms with Crippen LogP contribution in [-0.4, -0.2) is 44.4 Å². The van der Waals surface area contributed by atoms with Crippen molar-refractivity contribution in [3.05, 3.63) is 47.0 Å². The fourth-order valence-electron chi connectivity index (χ4n) is 3.98. The Labute approximate surface area is 186 Å². The third-order valence-corrected chi connectivity index (χ3v) is 6.88. The molecule has 4 rings (SSSR count). The molecule has 0 N–H and O–H groups in total. The quantitative estimate of drug-likeness (QED) is 0.534. The minimum atomic E-state index is 0.00995. The van der Waals surface area contributed by atoms with Gasteiger partial charge in [-0.05, 0) is 55.5 Å². The van der Waals surface area contributed by atoms with E-state index in [1.54, 1.807) is 19.1 Å². The number of nitrogens with zero attached hydrogens (tertiary/aromatic N) is 2. The van der Waals surface area contributed by atoms with Gasteiger partial charge in [0.1, 0.15) is 17.0 Å². The van der Waals surface area contributed by atoms with Crippen LogP contribution in [0.5, 0.6) is 11.5 Å². The van der Waals surface area contributed by atoms with E-state index in [-0.39, 0.29) is 12.0 Å². The number of ether oxygens (including phenoxy) is 3. The summed E-state index contributed by atoms with van der Waals surface area (Å²) < 4.78 is 17.7. The van der Waals surface area contributed by atoms with E-state index in [4.69, 9.17) is 19.2 Å². The highest BCUT2D eigenvalue weighted by Crippen LogP contribution is 2.37. The number of carbonyl (C=O) groups is 1. The van der Waals surface area contributed by atoms with Gasteiger partial charge in [0.05, 0.1) is 38.0 Å². The molecule has 6 nitrogen and oxygen atoms in total. The van der Waals surface area contributed by atoms with E-state index in [2.05, 4.69) is 6.92 Å². The van der Waals surface area contributed by atoms with E-state index >= 15 is 0 Å².